The summed E-state index contributed by atoms with van der Waals surface area (Å²) in [5.74, 6) is 2.13. The molecule has 27 heavy (non-hydrogen) atoms. The van der Waals surface area contributed by atoms with E-state index in [9.17, 15) is 0 Å². The Morgan fingerprint density at radius 2 is 1.93 bits per heavy atom. The van der Waals surface area contributed by atoms with Crippen LogP contribution in [0.15, 0.2) is 53.5 Å². The molecule has 0 atom stereocenters. The minimum atomic E-state index is 0.554. The summed E-state index contributed by atoms with van der Waals surface area (Å²) in [6, 6.07) is 16.1. The van der Waals surface area contributed by atoms with Crippen molar-refractivity contribution in [3.63, 3.8) is 0 Å². The molecule has 3 N–H and O–H groups in total. The number of fused-ring (bicyclic) bond motifs is 1. The number of hydrogen-bond acceptors (Lipinski definition) is 3. The Morgan fingerprint density at radius 3 is 2.67 bits per heavy atom. The highest BCUT2D eigenvalue weighted by atomic mass is 16.5. The molecule has 2 aromatic carbocycles. The molecule has 0 fully saturated rings. The van der Waals surface area contributed by atoms with Crippen LogP contribution in [-0.2, 0) is 6.54 Å². The van der Waals surface area contributed by atoms with Gasteiger partial charge in [-0.05, 0) is 43.5 Å². The van der Waals surface area contributed by atoms with Gasteiger partial charge in [0.15, 0.2) is 17.5 Å². The summed E-state index contributed by atoms with van der Waals surface area (Å²) >= 11 is 0. The fourth-order valence-electron chi connectivity index (χ4n) is 2.85. The predicted octanol–water partition coefficient (Wildman–Crippen LogP) is 4.15. The van der Waals surface area contributed by atoms with E-state index >= 15 is 0 Å². The Bertz CT molecular complexity index is 884. The van der Waals surface area contributed by atoms with E-state index in [1.165, 1.54) is 5.39 Å². The lowest BCUT2D eigenvalue weighted by molar-refractivity contribution is 0.311. The van der Waals surface area contributed by atoms with Crippen LogP contribution in [0.25, 0.3) is 10.9 Å². The number of aliphatic imine (C=N–C) groups is 1. The minimum Gasteiger partial charge on any atom is -0.493 e. The van der Waals surface area contributed by atoms with Gasteiger partial charge < -0.3 is 25.1 Å². The van der Waals surface area contributed by atoms with Gasteiger partial charge in [0, 0.05) is 29.5 Å². The molecule has 6 heteroatoms. The van der Waals surface area contributed by atoms with Crippen molar-refractivity contribution in [2.24, 2.45) is 4.99 Å². The fraction of sp³-hybridized carbons (Fsp3) is 0.286. The van der Waals surface area contributed by atoms with Crippen molar-refractivity contribution in [1.29, 1.82) is 0 Å². The summed E-state index contributed by atoms with van der Waals surface area (Å²) in [5.41, 5.74) is 3.07. The first-order chi connectivity index (χ1) is 13.2. The summed E-state index contributed by atoms with van der Waals surface area (Å²) in [6.07, 6.45) is 0. The zero-order chi connectivity index (χ0) is 19.1. The molecule has 0 aliphatic rings. The number of guanidine groups is 1. The van der Waals surface area contributed by atoms with E-state index in [-0.39, 0.29) is 0 Å². The van der Waals surface area contributed by atoms with Gasteiger partial charge in [0.25, 0.3) is 0 Å². The molecule has 6 nitrogen and oxygen atoms in total. The topological polar surface area (TPSA) is 70.7 Å². The molecule has 0 spiro atoms. The highest BCUT2D eigenvalue weighted by molar-refractivity contribution is 5.94. The first kappa shape index (κ1) is 18.6. The van der Waals surface area contributed by atoms with Crippen molar-refractivity contribution in [2.75, 3.05) is 25.6 Å². The molecule has 0 amide bonds. The van der Waals surface area contributed by atoms with Crippen LogP contribution in [0, 0.1) is 0 Å². The van der Waals surface area contributed by atoms with E-state index in [0.29, 0.717) is 30.6 Å². The highest BCUT2D eigenvalue weighted by Gasteiger charge is 2.07. The van der Waals surface area contributed by atoms with Crippen LogP contribution in [0.5, 0.6) is 11.5 Å². The van der Waals surface area contributed by atoms with Gasteiger partial charge in [-0.2, -0.15) is 0 Å². The Balaban J connectivity index is 1.76. The van der Waals surface area contributed by atoms with Crippen LogP contribution in [0.3, 0.4) is 0 Å². The smallest absolute Gasteiger partial charge is 0.196 e. The van der Waals surface area contributed by atoms with Gasteiger partial charge in [0.05, 0.1) is 20.3 Å². The lowest BCUT2D eigenvalue weighted by Gasteiger charge is -2.14. The zero-order valence-corrected chi connectivity index (χ0v) is 16.0. The number of hydrogen-bond donors (Lipinski definition) is 3. The van der Waals surface area contributed by atoms with Crippen LogP contribution in [0.4, 0.5) is 5.69 Å². The number of nitrogens with one attached hydrogen (secondary N) is 3. The lowest BCUT2D eigenvalue weighted by Crippen LogP contribution is -2.30. The van der Waals surface area contributed by atoms with Crippen LogP contribution in [-0.4, -0.2) is 31.2 Å². The Labute approximate surface area is 159 Å². The normalized spacial score (nSPS) is 11.4. The average Bonchev–Trinajstić information content (AvgIpc) is 3.10. The largest absolute Gasteiger partial charge is 0.493 e. The quantitative estimate of drug-likeness (QED) is 0.434. The standard InChI is InChI=1S/C21H26N4O2/c1-4-22-21(23-14-17-12-15-8-6-7-9-18(15)24-17)25-16-10-11-19(26-3)20(13-16)27-5-2/h6-13,24H,4-5,14H2,1-3H3,(H2,22,23,25). The molecule has 0 saturated carbocycles. The van der Waals surface area contributed by atoms with E-state index in [1.54, 1.807) is 7.11 Å². The predicted molar refractivity (Wildman–Crippen MR) is 111 cm³/mol. The SMILES string of the molecule is CCNC(=NCc1cc2ccccc2[nH]1)Nc1ccc(OC)c(OCC)c1. The third-order valence-corrected chi connectivity index (χ3v) is 4.06. The second kappa shape index (κ2) is 8.98. The monoisotopic (exact) mass is 366 g/mol. The van der Waals surface area contributed by atoms with Crippen LogP contribution in [0.2, 0.25) is 0 Å². The van der Waals surface area contributed by atoms with Gasteiger partial charge in [-0.15, -0.1) is 0 Å². The summed E-state index contributed by atoms with van der Waals surface area (Å²) in [7, 11) is 1.64. The van der Waals surface area contributed by atoms with Crippen molar-refractivity contribution in [3.8, 4) is 11.5 Å². The molecule has 1 aromatic heterocycles. The Hall–Kier alpha value is -3.15. The number of para-hydroxylation sites is 1. The third-order valence-electron chi connectivity index (χ3n) is 4.06. The van der Waals surface area contributed by atoms with Crippen LogP contribution < -0.4 is 20.1 Å². The van der Waals surface area contributed by atoms with Crippen LogP contribution in [0.1, 0.15) is 19.5 Å². The number of methoxy groups -OCH3 is 1. The van der Waals surface area contributed by atoms with Gasteiger partial charge in [0.2, 0.25) is 0 Å². The molecule has 0 radical (unpaired) electrons. The number of anilines is 1. The van der Waals surface area contributed by atoms with Crippen molar-refractivity contribution in [3.05, 3.63) is 54.2 Å². The molecule has 1 heterocycles. The van der Waals surface area contributed by atoms with E-state index in [4.69, 9.17) is 9.47 Å². The number of benzene rings is 2. The molecule has 0 bridgehead atoms. The summed E-state index contributed by atoms with van der Waals surface area (Å²) in [4.78, 5) is 8.08. The van der Waals surface area contributed by atoms with Crippen molar-refractivity contribution in [1.82, 2.24) is 10.3 Å². The van der Waals surface area contributed by atoms with Crippen molar-refractivity contribution < 1.29 is 9.47 Å². The molecular formula is C21H26N4O2. The number of ether oxygens (including phenoxy) is 2. The van der Waals surface area contributed by atoms with Gasteiger partial charge in [-0.1, -0.05) is 18.2 Å². The zero-order valence-electron chi connectivity index (χ0n) is 16.0. The minimum absolute atomic E-state index is 0.554. The van der Waals surface area contributed by atoms with Gasteiger partial charge >= 0.3 is 0 Å². The summed E-state index contributed by atoms with van der Waals surface area (Å²) < 4.78 is 11.0. The molecule has 0 saturated heterocycles. The highest BCUT2D eigenvalue weighted by Crippen LogP contribution is 2.30. The molecule has 3 rings (SSSR count). The maximum absolute atomic E-state index is 5.64. The second-order valence-electron chi connectivity index (χ2n) is 6.00. The van der Waals surface area contributed by atoms with E-state index in [0.717, 1.165) is 23.4 Å². The van der Waals surface area contributed by atoms with Crippen molar-refractivity contribution in [2.45, 2.75) is 20.4 Å². The van der Waals surface area contributed by atoms with E-state index in [2.05, 4.69) is 38.8 Å². The number of aromatic amines is 1. The second-order valence-corrected chi connectivity index (χ2v) is 6.00. The first-order valence-electron chi connectivity index (χ1n) is 9.16. The molecular weight excluding hydrogens is 340 g/mol. The number of H-pyrrole nitrogens is 1. The number of nitrogens with zero attached hydrogens (tertiary/aromatic N) is 1. The Morgan fingerprint density at radius 1 is 1.07 bits per heavy atom. The number of aromatic nitrogens is 1. The first-order valence-corrected chi connectivity index (χ1v) is 9.16. The lowest BCUT2D eigenvalue weighted by atomic mass is 10.2. The van der Waals surface area contributed by atoms with Crippen molar-refractivity contribution >= 4 is 22.5 Å². The van der Waals surface area contributed by atoms with Gasteiger partial charge in [-0.3, -0.25) is 0 Å². The third kappa shape index (κ3) is 4.73. The fourth-order valence-corrected chi connectivity index (χ4v) is 2.85. The molecule has 142 valence electrons. The van der Waals surface area contributed by atoms with E-state index in [1.807, 2.05) is 44.2 Å². The summed E-state index contributed by atoms with van der Waals surface area (Å²) in [6.45, 7) is 5.89. The Kier molecular flexibility index (Phi) is 6.20. The molecule has 0 aliphatic heterocycles. The average molecular weight is 366 g/mol. The van der Waals surface area contributed by atoms with E-state index < -0.39 is 0 Å². The maximum atomic E-state index is 5.64. The van der Waals surface area contributed by atoms with Crippen LogP contribution >= 0.6 is 0 Å². The molecule has 3 aromatic rings. The van der Waals surface area contributed by atoms with Gasteiger partial charge in [-0.25, -0.2) is 4.99 Å². The molecule has 0 aliphatic carbocycles. The number of rotatable bonds is 7. The van der Waals surface area contributed by atoms with Gasteiger partial charge in [0.1, 0.15) is 0 Å². The molecule has 0 unspecified atom stereocenters. The maximum Gasteiger partial charge on any atom is 0.196 e. The summed E-state index contributed by atoms with van der Waals surface area (Å²) in [5, 5.41) is 7.78.